The highest BCUT2D eigenvalue weighted by molar-refractivity contribution is 7.92. The van der Waals surface area contributed by atoms with E-state index in [-0.39, 0.29) is 18.9 Å². The highest BCUT2D eigenvalue weighted by atomic mass is 32.2. The lowest BCUT2D eigenvalue weighted by atomic mass is 10.1. The van der Waals surface area contributed by atoms with Crippen molar-refractivity contribution in [2.24, 2.45) is 0 Å². The zero-order valence-corrected chi connectivity index (χ0v) is 15.5. The number of carbonyl (C=O) groups is 1. The van der Waals surface area contributed by atoms with E-state index < -0.39 is 10.0 Å². The van der Waals surface area contributed by atoms with Gasteiger partial charge >= 0.3 is 0 Å². The summed E-state index contributed by atoms with van der Waals surface area (Å²) >= 11 is 0. The molecule has 0 unspecified atom stereocenters. The van der Waals surface area contributed by atoms with E-state index in [0.717, 1.165) is 11.1 Å². The molecule has 1 heterocycles. The maximum atomic E-state index is 12.2. The Morgan fingerprint density at radius 2 is 1.96 bits per heavy atom. The zero-order chi connectivity index (χ0) is 18.4. The Morgan fingerprint density at radius 1 is 1.20 bits per heavy atom. The number of aromatic nitrogens is 1. The summed E-state index contributed by atoms with van der Waals surface area (Å²) in [7, 11) is -3.42. The van der Waals surface area contributed by atoms with Gasteiger partial charge < -0.3 is 5.32 Å². The van der Waals surface area contributed by atoms with Gasteiger partial charge in [0.2, 0.25) is 15.9 Å². The van der Waals surface area contributed by atoms with Gasteiger partial charge in [-0.25, -0.2) is 8.42 Å². The third kappa shape index (κ3) is 5.29. The number of carbonyl (C=O) groups excluding carboxylic acids is 1. The molecule has 1 N–H and O–H groups in total. The molecule has 6 nitrogen and oxygen atoms in total. The standard InChI is InChI=1S/C18H23N3O3S/c1-14-7-4-9-17(15(14)2)21(25(3,23)24)12-6-10-18(22)20-16-8-5-11-19-13-16/h4-5,7-9,11,13H,6,10,12H2,1-3H3,(H,20,22). The van der Waals surface area contributed by atoms with Crippen LogP contribution in [0, 0.1) is 13.8 Å². The smallest absolute Gasteiger partial charge is 0.232 e. The summed E-state index contributed by atoms with van der Waals surface area (Å²) in [5.41, 5.74) is 3.24. The first kappa shape index (κ1) is 18.9. The topological polar surface area (TPSA) is 79.4 Å². The summed E-state index contributed by atoms with van der Waals surface area (Å²) < 4.78 is 25.7. The summed E-state index contributed by atoms with van der Waals surface area (Å²) in [6.07, 6.45) is 5.03. The Kier molecular flexibility index (Phi) is 6.14. The third-order valence-electron chi connectivity index (χ3n) is 3.96. The highest BCUT2D eigenvalue weighted by Gasteiger charge is 2.19. The van der Waals surface area contributed by atoms with Crippen molar-refractivity contribution < 1.29 is 13.2 Å². The van der Waals surface area contributed by atoms with E-state index in [1.54, 1.807) is 30.6 Å². The molecule has 2 aromatic rings. The lowest BCUT2D eigenvalue weighted by Crippen LogP contribution is -2.32. The Morgan fingerprint density at radius 3 is 2.60 bits per heavy atom. The first-order valence-electron chi connectivity index (χ1n) is 8.03. The van der Waals surface area contributed by atoms with E-state index >= 15 is 0 Å². The molecule has 7 heteroatoms. The maximum absolute atomic E-state index is 12.2. The van der Waals surface area contributed by atoms with E-state index in [1.165, 1.54) is 10.6 Å². The molecule has 0 bridgehead atoms. The Labute approximate surface area is 148 Å². The fourth-order valence-corrected chi connectivity index (χ4v) is 3.53. The van der Waals surface area contributed by atoms with E-state index in [0.29, 0.717) is 17.8 Å². The number of anilines is 2. The number of hydrogen-bond acceptors (Lipinski definition) is 4. The van der Waals surface area contributed by atoms with Crippen LogP contribution in [0.3, 0.4) is 0 Å². The fourth-order valence-electron chi connectivity index (χ4n) is 2.51. The van der Waals surface area contributed by atoms with Crippen molar-refractivity contribution in [3.63, 3.8) is 0 Å². The van der Waals surface area contributed by atoms with Crippen molar-refractivity contribution >= 4 is 27.3 Å². The Hall–Kier alpha value is -2.41. The minimum Gasteiger partial charge on any atom is -0.325 e. The predicted molar refractivity (Wildman–Crippen MR) is 100 cm³/mol. The quantitative estimate of drug-likeness (QED) is 0.822. The van der Waals surface area contributed by atoms with E-state index in [2.05, 4.69) is 10.3 Å². The summed E-state index contributed by atoms with van der Waals surface area (Å²) in [5.74, 6) is -0.164. The van der Waals surface area contributed by atoms with Gasteiger partial charge in [0.25, 0.3) is 0 Å². The summed E-state index contributed by atoms with van der Waals surface area (Å²) in [6, 6.07) is 9.07. The van der Waals surface area contributed by atoms with Crippen LogP contribution in [0.25, 0.3) is 0 Å². The molecular formula is C18H23N3O3S. The molecule has 0 aliphatic rings. The van der Waals surface area contributed by atoms with Gasteiger partial charge in [-0.1, -0.05) is 12.1 Å². The predicted octanol–water partition coefficient (Wildman–Crippen LogP) is 2.88. The van der Waals surface area contributed by atoms with Crippen LogP contribution >= 0.6 is 0 Å². The number of pyridine rings is 1. The number of aryl methyl sites for hydroxylation is 1. The second-order valence-electron chi connectivity index (χ2n) is 5.95. The van der Waals surface area contributed by atoms with Crippen LogP contribution in [0.5, 0.6) is 0 Å². The minimum atomic E-state index is -3.42. The molecule has 1 aromatic carbocycles. The molecule has 0 spiro atoms. The first-order valence-corrected chi connectivity index (χ1v) is 9.87. The Bertz CT molecular complexity index is 836. The van der Waals surface area contributed by atoms with Crippen molar-refractivity contribution in [2.75, 3.05) is 22.4 Å². The fraction of sp³-hybridized carbons (Fsp3) is 0.333. The molecule has 0 fully saturated rings. The van der Waals surface area contributed by atoms with E-state index in [4.69, 9.17) is 0 Å². The van der Waals surface area contributed by atoms with Gasteiger partial charge in [-0.15, -0.1) is 0 Å². The monoisotopic (exact) mass is 361 g/mol. The number of nitrogens with zero attached hydrogens (tertiary/aromatic N) is 2. The van der Waals surface area contributed by atoms with Gasteiger partial charge in [-0.2, -0.15) is 0 Å². The minimum absolute atomic E-state index is 0.164. The second-order valence-corrected chi connectivity index (χ2v) is 7.85. The lowest BCUT2D eigenvalue weighted by molar-refractivity contribution is -0.116. The first-order chi connectivity index (χ1) is 11.8. The molecule has 134 valence electrons. The molecular weight excluding hydrogens is 338 g/mol. The number of amides is 1. The van der Waals surface area contributed by atoms with Gasteiger partial charge in [0, 0.05) is 19.2 Å². The second kappa shape index (κ2) is 8.11. The molecule has 0 atom stereocenters. The van der Waals surface area contributed by atoms with Crippen LogP contribution in [0.1, 0.15) is 24.0 Å². The van der Waals surface area contributed by atoms with Crippen molar-refractivity contribution in [3.8, 4) is 0 Å². The van der Waals surface area contributed by atoms with Crippen molar-refractivity contribution in [1.29, 1.82) is 0 Å². The third-order valence-corrected chi connectivity index (χ3v) is 5.14. The molecule has 1 aromatic heterocycles. The summed E-state index contributed by atoms with van der Waals surface area (Å²) in [4.78, 5) is 15.9. The van der Waals surface area contributed by atoms with Crippen molar-refractivity contribution in [3.05, 3.63) is 53.9 Å². The molecule has 0 aliphatic carbocycles. The van der Waals surface area contributed by atoms with E-state index in [1.807, 2.05) is 26.0 Å². The van der Waals surface area contributed by atoms with Crippen molar-refractivity contribution in [2.45, 2.75) is 26.7 Å². The van der Waals surface area contributed by atoms with Gasteiger partial charge in [0.05, 0.1) is 23.8 Å². The van der Waals surface area contributed by atoms with Crippen LogP contribution in [0.15, 0.2) is 42.7 Å². The molecule has 2 rings (SSSR count). The van der Waals surface area contributed by atoms with Crippen LogP contribution in [0.4, 0.5) is 11.4 Å². The van der Waals surface area contributed by atoms with E-state index in [9.17, 15) is 13.2 Å². The molecule has 1 amide bonds. The van der Waals surface area contributed by atoms with Crippen LogP contribution in [-0.2, 0) is 14.8 Å². The summed E-state index contributed by atoms with van der Waals surface area (Å²) in [6.45, 7) is 4.10. The van der Waals surface area contributed by atoms with Gasteiger partial charge in [-0.05, 0) is 49.6 Å². The summed E-state index contributed by atoms with van der Waals surface area (Å²) in [5, 5.41) is 2.75. The number of nitrogens with one attached hydrogen (secondary N) is 1. The maximum Gasteiger partial charge on any atom is 0.232 e. The highest BCUT2D eigenvalue weighted by Crippen LogP contribution is 2.25. The zero-order valence-electron chi connectivity index (χ0n) is 14.7. The number of benzene rings is 1. The van der Waals surface area contributed by atoms with Crippen molar-refractivity contribution in [1.82, 2.24) is 4.98 Å². The number of sulfonamides is 1. The van der Waals surface area contributed by atoms with Crippen LogP contribution in [-0.4, -0.2) is 32.1 Å². The molecule has 0 saturated carbocycles. The lowest BCUT2D eigenvalue weighted by Gasteiger charge is -2.24. The van der Waals surface area contributed by atoms with Gasteiger partial charge in [0.15, 0.2) is 0 Å². The molecule has 0 radical (unpaired) electrons. The van der Waals surface area contributed by atoms with Gasteiger partial charge in [-0.3, -0.25) is 14.1 Å². The SMILES string of the molecule is Cc1cccc(N(CCCC(=O)Nc2cccnc2)S(C)(=O)=O)c1C. The van der Waals surface area contributed by atoms with Crippen LogP contribution in [0.2, 0.25) is 0 Å². The average molecular weight is 361 g/mol. The van der Waals surface area contributed by atoms with Crippen LogP contribution < -0.4 is 9.62 Å². The Balaban J connectivity index is 2.02. The van der Waals surface area contributed by atoms with Gasteiger partial charge in [0.1, 0.15) is 0 Å². The molecule has 0 saturated heterocycles. The number of rotatable bonds is 7. The average Bonchev–Trinajstić information content (AvgIpc) is 2.54. The largest absolute Gasteiger partial charge is 0.325 e. The normalized spacial score (nSPS) is 11.2. The number of hydrogen-bond donors (Lipinski definition) is 1. The molecule has 25 heavy (non-hydrogen) atoms. The molecule has 0 aliphatic heterocycles.